The Morgan fingerprint density at radius 1 is 0.508 bits per heavy atom. The first-order valence-electron chi connectivity index (χ1n) is 19.7. The summed E-state index contributed by atoms with van der Waals surface area (Å²) in [5.41, 5.74) is 11.0. The highest BCUT2D eigenvalue weighted by Gasteiger charge is 2.26. The van der Waals surface area contributed by atoms with Gasteiger partial charge in [0, 0.05) is 49.5 Å². The van der Waals surface area contributed by atoms with E-state index in [0.29, 0.717) is 51.7 Å². The van der Waals surface area contributed by atoms with Crippen LogP contribution in [0.4, 0.5) is 0 Å². The van der Waals surface area contributed by atoms with Crippen molar-refractivity contribution in [1.29, 1.82) is 15.8 Å². The number of para-hydroxylation sites is 2. The Balaban J connectivity index is 1.29. The quantitative estimate of drug-likeness (QED) is 0.164. The van der Waals surface area contributed by atoms with Gasteiger partial charge in [-0.05, 0) is 78.2 Å². The van der Waals surface area contributed by atoms with E-state index in [4.69, 9.17) is 19.4 Å². The maximum Gasteiger partial charge on any atom is 0.164 e. The molecule has 0 aliphatic heterocycles. The minimum absolute atomic E-state index is 0.351. The van der Waals surface area contributed by atoms with Gasteiger partial charge in [-0.3, -0.25) is 0 Å². The maximum atomic E-state index is 10.3. The van der Waals surface area contributed by atoms with Crippen molar-refractivity contribution in [3.63, 3.8) is 0 Å². The highest BCUT2D eigenvalue weighted by molar-refractivity contribution is 6.24. The van der Waals surface area contributed by atoms with Crippen LogP contribution in [0.1, 0.15) is 23.1 Å². The third-order valence-electron chi connectivity index (χ3n) is 11.3. The second kappa shape index (κ2) is 14.2. The van der Waals surface area contributed by atoms with Crippen LogP contribution in [-0.2, 0) is 0 Å². The van der Waals surface area contributed by atoms with Crippen molar-refractivity contribution in [3.05, 3.63) is 186 Å². The Kier molecular flexibility index (Phi) is 8.20. The third kappa shape index (κ3) is 5.85. The first-order chi connectivity index (χ1) is 30.1. The lowest BCUT2D eigenvalue weighted by atomic mass is 9.90. The summed E-state index contributed by atoms with van der Waals surface area (Å²) in [6.45, 7) is 0. The number of rotatable bonds is 6. The molecule has 0 radical (unpaired) electrons. The Labute approximate surface area is 349 Å². The van der Waals surface area contributed by atoms with Crippen molar-refractivity contribution in [3.8, 4) is 69.2 Å². The number of nitriles is 3. The minimum Gasteiger partial charge on any atom is -0.455 e. The summed E-state index contributed by atoms with van der Waals surface area (Å²) in [5.74, 6) is 1.47. The van der Waals surface area contributed by atoms with E-state index < -0.39 is 0 Å². The van der Waals surface area contributed by atoms with Gasteiger partial charge in [-0.2, -0.15) is 15.8 Å². The first-order valence-corrected chi connectivity index (χ1v) is 19.7. The van der Waals surface area contributed by atoms with Crippen LogP contribution in [0.5, 0.6) is 0 Å². The van der Waals surface area contributed by atoms with Gasteiger partial charge in [0.15, 0.2) is 17.5 Å². The van der Waals surface area contributed by atoms with Crippen molar-refractivity contribution < 1.29 is 4.42 Å². The van der Waals surface area contributed by atoms with E-state index in [1.54, 1.807) is 6.07 Å². The van der Waals surface area contributed by atoms with Crippen molar-refractivity contribution in [2.24, 2.45) is 0 Å². The van der Waals surface area contributed by atoms with Crippen LogP contribution >= 0.6 is 0 Å². The zero-order valence-corrected chi connectivity index (χ0v) is 32.3. The summed E-state index contributed by atoms with van der Waals surface area (Å²) in [7, 11) is 0. The topological polar surface area (TPSA) is 128 Å². The molecule has 1 aliphatic carbocycles. The van der Waals surface area contributed by atoms with Crippen LogP contribution in [0, 0.1) is 34.0 Å². The Morgan fingerprint density at radius 3 is 1.77 bits per heavy atom. The molecule has 282 valence electrons. The van der Waals surface area contributed by atoms with Gasteiger partial charge in [-0.25, -0.2) is 15.0 Å². The molecule has 0 fully saturated rings. The van der Waals surface area contributed by atoms with E-state index >= 15 is 0 Å². The van der Waals surface area contributed by atoms with Crippen LogP contribution in [0.25, 0.3) is 100 Å². The number of benzene rings is 7. The van der Waals surface area contributed by atoms with Crippen molar-refractivity contribution >= 4 is 49.3 Å². The van der Waals surface area contributed by atoms with Crippen molar-refractivity contribution in [2.75, 3.05) is 0 Å². The number of hydrogen-bond acceptors (Lipinski definition) is 7. The molecule has 0 N–H and O–H groups in total. The average molecular weight is 780 g/mol. The van der Waals surface area contributed by atoms with Crippen molar-refractivity contribution in [2.45, 2.75) is 6.42 Å². The molecule has 3 heterocycles. The molecular formula is C53H29N7O. The Bertz CT molecular complexity index is 3560. The van der Waals surface area contributed by atoms with Gasteiger partial charge in [0.25, 0.3) is 0 Å². The molecular weight excluding hydrogens is 751 g/mol. The summed E-state index contributed by atoms with van der Waals surface area (Å²) >= 11 is 0. The summed E-state index contributed by atoms with van der Waals surface area (Å²) in [5, 5.41) is 34.7. The van der Waals surface area contributed by atoms with E-state index in [2.05, 4.69) is 59.2 Å². The first kappa shape index (κ1) is 35.3. The summed E-state index contributed by atoms with van der Waals surface area (Å²) in [6.07, 6.45) is 4.37. The summed E-state index contributed by atoms with van der Waals surface area (Å²) in [4.78, 5) is 15.2. The van der Waals surface area contributed by atoms with Gasteiger partial charge in [-0.1, -0.05) is 103 Å². The minimum atomic E-state index is 0.351. The average Bonchev–Trinajstić information content (AvgIpc) is 4.06. The summed E-state index contributed by atoms with van der Waals surface area (Å²) < 4.78 is 8.92. The highest BCUT2D eigenvalue weighted by Crippen LogP contribution is 2.46. The lowest BCUT2D eigenvalue weighted by Gasteiger charge is -2.21. The van der Waals surface area contributed by atoms with E-state index in [1.165, 1.54) is 0 Å². The van der Waals surface area contributed by atoms with Gasteiger partial charge in [0.05, 0.1) is 51.4 Å². The number of aromatic nitrogens is 4. The maximum absolute atomic E-state index is 10.3. The number of allylic oxidation sites excluding steroid dienone is 4. The standard InChI is InChI=1S/C53H29N7O/c54-29-32-19-20-37(24-32)43-27-39(53-58-51(35-11-3-1-4-12-35)57-52(59-53)36-13-5-2-6-14-36)28-44(38-25-33(30-55)23-34(26-38)31-56)49(43)60-45-17-9-7-16-42(45)48-46(60)22-21-41-40-15-8-10-18-47(40)61-50(41)48/h1-19,21-28H,20H2. The molecule has 3 aromatic heterocycles. The zero-order chi connectivity index (χ0) is 41.0. The van der Waals surface area contributed by atoms with E-state index in [-0.39, 0.29) is 0 Å². The largest absolute Gasteiger partial charge is 0.455 e. The third-order valence-corrected chi connectivity index (χ3v) is 11.3. The van der Waals surface area contributed by atoms with Gasteiger partial charge in [0.2, 0.25) is 0 Å². The van der Waals surface area contributed by atoms with Crippen LogP contribution in [0.2, 0.25) is 0 Å². The molecule has 0 amide bonds. The predicted molar refractivity (Wildman–Crippen MR) is 239 cm³/mol. The number of hydrogen-bond donors (Lipinski definition) is 0. The molecule has 0 bridgehead atoms. The molecule has 61 heavy (non-hydrogen) atoms. The SMILES string of the molecule is N#CC1=CCC(c2cc(-c3nc(-c4ccccc4)nc(-c4ccccc4)n3)cc(-c3cc(C#N)cc(C#N)c3)c2-n2c3ccccc3c3c4oc5ccccc5c4ccc32)=C1. The molecule has 7 aromatic carbocycles. The van der Waals surface area contributed by atoms with Gasteiger partial charge < -0.3 is 8.98 Å². The summed E-state index contributed by atoms with van der Waals surface area (Å²) in [6, 6.07) is 56.5. The molecule has 8 nitrogen and oxygen atoms in total. The molecule has 1 aliphatic rings. The number of furan rings is 1. The normalized spacial score (nSPS) is 12.3. The molecule has 0 saturated carbocycles. The second-order valence-corrected chi connectivity index (χ2v) is 14.9. The molecule has 11 rings (SSSR count). The molecule has 0 spiro atoms. The molecule has 8 heteroatoms. The van der Waals surface area contributed by atoms with E-state index in [9.17, 15) is 15.8 Å². The molecule has 0 atom stereocenters. The van der Waals surface area contributed by atoms with Gasteiger partial charge in [-0.15, -0.1) is 0 Å². The second-order valence-electron chi connectivity index (χ2n) is 14.9. The lowest BCUT2D eigenvalue weighted by molar-refractivity contribution is 0.673. The number of fused-ring (bicyclic) bond motifs is 7. The van der Waals surface area contributed by atoms with Gasteiger partial charge in [0.1, 0.15) is 11.2 Å². The fourth-order valence-electron chi connectivity index (χ4n) is 8.59. The smallest absolute Gasteiger partial charge is 0.164 e. The zero-order valence-electron chi connectivity index (χ0n) is 32.3. The predicted octanol–water partition coefficient (Wildman–Crippen LogP) is 12.5. The lowest BCUT2D eigenvalue weighted by Crippen LogP contribution is -2.05. The highest BCUT2D eigenvalue weighted by atomic mass is 16.3. The van der Waals surface area contributed by atoms with Crippen LogP contribution in [-0.4, -0.2) is 19.5 Å². The van der Waals surface area contributed by atoms with E-state index in [1.807, 2.05) is 121 Å². The van der Waals surface area contributed by atoms with E-state index in [0.717, 1.165) is 77.3 Å². The molecule has 0 saturated heterocycles. The monoisotopic (exact) mass is 779 g/mol. The van der Waals surface area contributed by atoms with Crippen LogP contribution in [0.15, 0.2) is 174 Å². The van der Waals surface area contributed by atoms with Gasteiger partial charge >= 0.3 is 0 Å². The number of nitrogens with zero attached hydrogens (tertiary/aromatic N) is 7. The molecule has 10 aromatic rings. The fraction of sp³-hybridized carbons (Fsp3) is 0.0189. The van der Waals surface area contributed by atoms with Crippen molar-refractivity contribution in [1.82, 2.24) is 19.5 Å². The fourth-order valence-corrected chi connectivity index (χ4v) is 8.59. The Morgan fingerprint density at radius 2 is 1.11 bits per heavy atom. The van der Waals surface area contributed by atoms with Crippen LogP contribution < -0.4 is 0 Å². The van der Waals surface area contributed by atoms with Crippen LogP contribution in [0.3, 0.4) is 0 Å². The Hall–Kier alpha value is -8.90. The molecule has 0 unspecified atom stereocenters.